The van der Waals surface area contributed by atoms with Gasteiger partial charge in [-0.15, -0.1) is 0 Å². The molecule has 0 bridgehead atoms. The summed E-state index contributed by atoms with van der Waals surface area (Å²) in [6, 6.07) is 10.5. The fourth-order valence-electron chi connectivity index (χ4n) is 3.01. The van der Waals surface area contributed by atoms with E-state index in [1.54, 1.807) is 0 Å². The van der Waals surface area contributed by atoms with Gasteiger partial charge in [0.2, 0.25) is 0 Å². The lowest BCUT2D eigenvalue weighted by Gasteiger charge is -2.08. The molecule has 0 aliphatic rings. The summed E-state index contributed by atoms with van der Waals surface area (Å²) in [5.74, 6) is 1.96. The smallest absolute Gasteiger partial charge is 0.158 e. The van der Waals surface area contributed by atoms with E-state index in [4.69, 9.17) is 10.1 Å². The molecule has 0 atom stereocenters. The minimum atomic E-state index is 0.147. The molecule has 0 aliphatic carbocycles. The predicted octanol–water partition coefficient (Wildman–Crippen LogP) is 3.31. The number of aromatic nitrogens is 5. The Bertz CT molecular complexity index is 878. The monoisotopic (exact) mass is 353 g/mol. The van der Waals surface area contributed by atoms with Crippen molar-refractivity contribution in [2.45, 2.75) is 53.1 Å². The second kappa shape index (κ2) is 7.83. The van der Waals surface area contributed by atoms with Gasteiger partial charge in [-0.25, -0.2) is 9.67 Å². The molecule has 6 heteroatoms. The molecule has 26 heavy (non-hydrogen) atoms. The molecular formula is C20H27N5O. The normalized spacial score (nSPS) is 11.5. The number of hydrogen-bond acceptors (Lipinski definition) is 4. The van der Waals surface area contributed by atoms with Crippen LogP contribution in [-0.2, 0) is 13.1 Å². The van der Waals surface area contributed by atoms with Gasteiger partial charge in [-0.1, -0.05) is 32.0 Å². The van der Waals surface area contributed by atoms with Crippen molar-refractivity contribution in [2.75, 3.05) is 6.61 Å². The van der Waals surface area contributed by atoms with E-state index in [-0.39, 0.29) is 12.5 Å². The Hall–Kier alpha value is -2.47. The van der Waals surface area contributed by atoms with Gasteiger partial charge >= 0.3 is 0 Å². The average molecular weight is 353 g/mol. The molecule has 6 nitrogen and oxygen atoms in total. The lowest BCUT2D eigenvalue weighted by molar-refractivity contribution is 0.277. The lowest BCUT2D eigenvalue weighted by atomic mass is 10.1. The molecule has 2 aromatic heterocycles. The van der Waals surface area contributed by atoms with Crippen molar-refractivity contribution in [3.63, 3.8) is 0 Å². The number of aliphatic hydroxyl groups excluding tert-OH is 1. The number of nitrogens with zero attached hydrogens (tertiary/aromatic N) is 5. The molecule has 3 aromatic rings. The number of aliphatic hydroxyl groups is 1. The molecule has 0 saturated carbocycles. The van der Waals surface area contributed by atoms with E-state index in [1.807, 2.05) is 16.3 Å². The highest BCUT2D eigenvalue weighted by Crippen LogP contribution is 2.22. The minimum absolute atomic E-state index is 0.147. The molecule has 1 aromatic carbocycles. The van der Waals surface area contributed by atoms with Crippen LogP contribution in [0.15, 0.2) is 30.3 Å². The van der Waals surface area contributed by atoms with E-state index in [1.165, 1.54) is 5.56 Å². The lowest BCUT2D eigenvalue weighted by Crippen LogP contribution is -2.06. The first-order valence-corrected chi connectivity index (χ1v) is 9.14. The average Bonchev–Trinajstić information content (AvgIpc) is 3.16. The van der Waals surface area contributed by atoms with Crippen LogP contribution in [-0.4, -0.2) is 36.3 Å². The molecule has 2 heterocycles. The van der Waals surface area contributed by atoms with Gasteiger partial charge in [0.15, 0.2) is 11.6 Å². The van der Waals surface area contributed by atoms with Crippen molar-refractivity contribution in [3.05, 3.63) is 53.1 Å². The largest absolute Gasteiger partial charge is 0.396 e. The fourth-order valence-corrected chi connectivity index (χ4v) is 3.01. The number of rotatable bonds is 7. The zero-order valence-corrected chi connectivity index (χ0v) is 16.0. The van der Waals surface area contributed by atoms with E-state index in [0.29, 0.717) is 13.0 Å². The summed E-state index contributed by atoms with van der Waals surface area (Å²) in [6.07, 6.45) is 0.666. The van der Waals surface area contributed by atoms with Crippen molar-refractivity contribution in [2.24, 2.45) is 0 Å². The van der Waals surface area contributed by atoms with Crippen molar-refractivity contribution in [3.8, 4) is 11.4 Å². The first-order chi connectivity index (χ1) is 12.5. The molecule has 3 rings (SSSR count). The Labute approximate surface area is 154 Å². The molecule has 138 valence electrons. The first-order valence-electron chi connectivity index (χ1n) is 9.14. The molecule has 0 saturated heterocycles. The van der Waals surface area contributed by atoms with Crippen molar-refractivity contribution in [1.29, 1.82) is 0 Å². The van der Waals surface area contributed by atoms with E-state index in [0.717, 1.165) is 35.1 Å². The van der Waals surface area contributed by atoms with Gasteiger partial charge in [-0.2, -0.15) is 10.2 Å². The third-order valence-corrected chi connectivity index (χ3v) is 4.35. The zero-order valence-electron chi connectivity index (χ0n) is 16.0. The highest BCUT2D eigenvalue weighted by molar-refractivity contribution is 5.56. The Balaban J connectivity index is 1.93. The molecule has 0 amide bonds. The van der Waals surface area contributed by atoms with Crippen molar-refractivity contribution in [1.82, 2.24) is 24.5 Å². The standard InChI is InChI=1S/C20H27N5O/c1-14(2)19-21-20(24(23-19)9-6-10-26)18-8-5-7-17(12-18)13-25-16(4)11-15(3)22-25/h5,7-8,11-12,14,26H,6,9-10,13H2,1-4H3. The van der Waals surface area contributed by atoms with Gasteiger partial charge in [0.25, 0.3) is 0 Å². The van der Waals surface area contributed by atoms with Crippen LogP contribution in [0, 0.1) is 13.8 Å². The predicted molar refractivity (Wildman–Crippen MR) is 102 cm³/mol. The van der Waals surface area contributed by atoms with Crippen LogP contribution in [0.4, 0.5) is 0 Å². The van der Waals surface area contributed by atoms with E-state index < -0.39 is 0 Å². The number of aryl methyl sites for hydroxylation is 3. The quantitative estimate of drug-likeness (QED) is 0.707. The van der Waals surface area contributed by atoms with Gasteiger partial charge < -0.3 is 5.11 Å². The van der Waals surface area contributed by atoms with Gasteiger partial charge in [0, 0.05) is 30.3 Å². The maximum Gasteiger partial charge on any atom is 0.158 e. The van der Waals surface area contributed by atoms with Gasteiger partial charge in [-0.05, 0) is 38.0 Å². The van der Waals surface area contributed by atoms with Crippen LogP contribution in [0.3, 0.4) is 0 Å². The maximum absolute atomic E-state index is 9.17. The molecule has 0 aliphatic heterocycles. The topological polar surface area (TPSA) is 68.8 Å². The molecule has 0 fully saturated rings. The number of hydrogen-bond donors (Lipinski definition) is 1. The Morgan fingerprint density at radius 3 is 2.54 bits per heavy atom. The van der Waals surface area contributed by atoms with Gasteiger partial charge in [-0.3, -0.25) is 4.68 Å². The third kappa shape index (κ3) is 4.02. The van der Waals surface area contributed by atoms with E-state index in [9.17, 15) is 0 Å². The minimum Gasteiger partial charge on any atom is -0.396 e. The van der Waals surface area contributed by atoms with Crippen LogP contribution in [0.5, 0.6) is 0 Å². The summed E-state index contributed by atoms with van der Waals surface area (Å²) in [7, 11) is 0. The highest BCUT2D eigenvalue weighted by atomic mass is 16.3. The zero-order chi connectivity index (χ0) is 18.7. The summed E-state index contributed by atoms with van der Waals surface area (Å²) < 4.78 is 3.93. The van der Waals surface area contributed by atoms with E-state index >= 15 is 0 Å². The van der Waals surface area contributed by atoms with Crippen LogP contribution in [0.2, 0.25) is 0 Å². The van der Waals surface area contributed by atoms with Crippen molar-refractivity contribution < 1.29 is 5.11 Å². The van der Waals surface area contributed by atoms with Crippen LogP contribution in [0.1, 0.15) is 49.0 Å². The summed E-state index contributed by atoms with van der Waals surface area (Å²) in [5.41, 5.74) is 4.41. The Kier molecular flexibility index (Phi) is 5.52. The Morgan fingerprint density at radius 1 is 1.08 bits per heavy atom. The van der Waals surface area contributed by atoms with E-state index in [2.05, 4.69) is 61.3 Å². The van der Waals surface area contributed by atoms with Crippen LogP contribution >= 0.6 is 0 Å². The molecule has 0 spiro atoms. The van der Waals surface area contributed by atoms with Crippen LogP contribution in [0.25, 0.3) is 11.4 Å². The molecule has 0 unspecified atom stereocenters. The summed E-state index contributed by atoms with van der Waals surface area (Å²) in [4.78, 5) is 4.75. The molecular weight excluding hydrogens is 326 g/mol. The van der Waals surface area contributed by atoms with Crippen LogP contribution < -0.4 is 0 Å². The third-order valence-electron chi connectivity index (χ3n) is 4.35. The SMILES string of the molecule is Cc1cc(C)n(Cc2cccc(-c3nc(C(C)C)nn3CCCO)c2)n1. The first kappa shape index (κ1) is 18.3. The summed E-state index contributed by atoms with van der Waals surface area (Å²) in [6.45, 7) is 9.81. The van der Waals surface area contributed by atoms with Gasteiger partial charge in [0.05, 0.1) is 12.2 Å². The van der Waals surface area contributed by atoms with Gasteiger partial charge in [0.1, 0.15) is 0 Å². The fraction of sp³-hybridized carbons (Fsp3) is 0.450. The summed E-state index contributed by atoms with van der Waals surface area (Å²) in [5, 5.41) is 18.4. The number of benzene rings is 1. The molecule has 0 radical (unpaired) electrons. The molecule has 1 N–H and O–H groups in total. The second-order valence-corrected chi connectivity index (χ2v) is 7.03. The highest BCUT2D eigenvalue weighted by Gasteiger charge is 2.14. The Morgan fingerprint density at radius 2 is 1.88 bits per heavy atom. The maximum atomic E-state index is 9.17. The second-order valence-electron chi connectivity index (χ2n) is 7.03. The van der Waals surface area contributed by atoms with Crippen molar-refractivity contribution >= 4 is 0 Å². The summed E-state index contributed by atoms with van der Waals surface area (Å²) >= 11 is 0.